The summed E-state index contributed by atoms with van der Waals surface area (Å²) in [5, 5.41) is 19.9. The van der Waals surface area contributed by atoms with Gasteiger partial charge in [-0.2, -0.15) is 13.2 Å². The number of hydrogen-bond acceptors (Lipinski definition) is 3. The van der Waals surface area contributed by atoms with E-state index >= 15 is 0 Å². The fourth-order valence-corrected chi connectivity index (χ4v) is 2.61. The molecular weight excluding hydrogens is 388 g/mol. The summed E-state index contributed by atoms with van der Waals surface area (Å²) in [5.74, 6) is -1.13. The van der Waals surface area contributed by atoms with Gasteiger partial charge in [-0.1, -0.05) is 30.3 Å². The van der Waals surface area contributed by atoms with Gasteiger partial charge >= 0.3 is 6.18 Å². The van der Waals surface area contributed by atoms with Gasteiger partial charge in [0, 0.05) is 16.6 Å². The number of nitrogens with zero attached hydrogens (tertiary/aromatic N) is 4. The number of rotatable bonds is 4. The van der Waals surface area contributed by atoms with Crippen LogP contribution in [0, 0.1) is 5.82 Å². The zero-order chi connectivity index (χ0) is 21.2. The first kappa shape index (κ1) is 20.2. The van der Waals surface area contributed by atoms with Crippen molar-refractivity contribution in [3.63, 3.8) is 0 Å². The lowest BCUT2D eigenvalue weighted by Gasteiger charge is -2.10. The maximum Gasteiger partial charge on any atom is 0.416 e. The summed E-state index contributed by atoms with van der Waals surface area (Å²) in [6.07, 6.45) is -0.106. The van der Waals surface area contributed by atoms with Gasteiger partial charge in [0.05, 0.1) is 12.6 Å². The fourth-order valence-electron chi connectivity index (χ4n) is 2.61. The summed E-state index contributed by atoms with van der Waals surface area (Å²) in [5.41, 5.74) is 0.390. The molecule has 5 nitrogen and oxygen atoms in total. The van der Waals surface area contributed by atoms with E-state index in [9.17, 15) is 22.7 Å². The van der Waals surface area contributed by atoms with E-state index in [-0.39, 0.29) is 11.1 Å². The molecule has 150 valence electrons. The van der Waals surface area contributed by atoms with E-state index < -0.39 is 23.5 Å². The van der Waals surface area contributed by atoms with E-state index in [1.165, 1.54) is 52.4 Å². The lowest BCUT2D eigenvalue weighted by molar-refractivity contribution is -0.682. The van der Waals surface area contributed by atoms with Gasteiger partial charge in [0.1, 0.15) is 5.82 Å². The van der Waals surface area contributed by atoms with Crippen LogP contribution < -0.4 is 9.78 Å². The highest BCUT2D eigenvalue weighted by Crippen LogP contribution is 2.31. The van der Waals surface area contributed by atoms with Crippen LogP contribution in [-0.4, -0.2) is 15.7 Å². The molecule has 0 saturated carbocycles. The summed E-state index contributed by atoms with van der Waals surface area (Å²) < 4.78 is 55.2. The molecule has 1 aromatic heterocycles. The van der Waals surface area contributed by atoms with Gasteiger partial charge in [0.15, 0.2) is 0 Å². The topological polar surface area (TPSA) is 57.1 Å². The minimum atomic E-state index is -4.45. The van der Waals surface area contributed by atoms with Crippen LogP contribution in [-0.2, 0) is 13.2 Å². The molecule has 0 atom stereocenters. The largest absolute Gasteiger partial charge is 0.856 e. The maximum atomic E-state index is 14.5. The van der Waals surface area contributed by atoms with Crippen LogP contribution in [0.1, 0.15) is 18.1 Å². The molecule has 0 aliphatic heterocycles. The Labute approximate surface area is 163 Å². The Morgan fingerprint density at radius 1 is 1.17 bits per heavy atom. The Balaban J connectivity index is 1.83. The molecule has 0 N–H and O–H groups in total. The van der Waals surface area contributed by atoms with Crippen LogP contribution in [0.5, 0.6) is 0 Å². The van der Waals surface area contributed by atoms with Crippen molar-refractivity contribution >= 4 is 12.0 Å². The van der Waals surface area contributed by atoms with Gasteiger partial charge in [-0.3, -0.25) is 0 Å². The summed E-state index contributed by atoms with van der Waals surface area (Å²) in [7, 11) is 1.68. The predicted octanol–water partition coefficient (Wildman–Crippen LogP) is 3.16. The lowest BCUT2D eigenvalue weighted by Crippen LogP contribution is -2.32. The van der Waals surface area contributed by atoms with Gasteiger partial charge < -0.3 is 5.11 Å². The molecule has 0 aliphatic rings. The number of hydrogen-bond donors (Lipinski definition) is 0. The molecule has 0 bridgehead atoms. The quantitative estimate of drug-likeness (QED) is 0.290. The molecule has 0 fully saturated rings. The Morgan fingerprint density at radius 2 is 1.86 bits per heavy atom. The van der Waals surface area contributed by atoms with Crippen LogP contribution in [0.4, 0.5) is 17.6 Å². The molecule has 0 saturated heterocycles. The highest BCUT2D eigenvalue weighted by Gasteiger charge is 2.30. The molecule has 3 aromatic rings. The first-order chi connectivity index (χ1) is 13.6. The maximum absolute atomic E-state index is 14.5. The highest BCUT2D eigenvalue weighted by molar-refractivity contribution is 5.93. The minimum Gasteiger partial charge on any atom is -0.856 e. The van der Waals surface area contributed by atoms with E-state index in [2.05, 4.69) is 10.2 Å². The second kappa shape index (κ2) is 7.86. The van der Waals surface area contributed by atoms with Crippen LogP contribution in [0.3, 0.4) is 0 Å². The Morgan fingerprint density at radius 3 is 2.41 bits per heavy atom. The summed E-state index contributed by atoms with van der Waals surface area (Å²) in [6, 6.07) is 8.48. The molecule has 9 heteroatoms. The van der Waals surface area contributed by atoms with E-state index in [4.69, 9.17) is 0 Å². The van der Waals surface area contributed by atoms with Gasteiger partial charge in [0.25, 0.3) is 6.33 Å². The van der Waals surface area contributed by atoms with Gasteiger partial charge in [-0.25, -0.2) is 4.39 Å². The molecular formula is C20H16F4N4O. The lowest BCUT2D eigenvalue weighted by atomic mass is 10.0. The van der Waals surface area contributed by atoms with Crippen LogP contribution in [0.15, 0.2) is 65.8 Å². The van der Waals surface area contributed by atoms with Crippen molar-refractivity contribution in [1.82, 2.24) is 9.78 Å². The molecule has 0 spiro atoms. The van der Waals surface area contributed by atoms with E-state index in [1.807, 2.05) is 0 Å². The standard InChI is InChI=1S/C20H16F4N4O/c1-13(19(29)26-28-11-25-27(2)12-28)9-14-3-8-17(18(21)10-14)15-4-6-16(7-5-15)20(22,23)24/h3-12H,1-2H3/b13-9+. The SMILES string of the molecule is CC(=C\c1ccc(-c2ccc(C(F)(F)F)cc2)c(F)c1)/C([O-])=N/[n+]1cnn(C)c1. The Kier molecular flexibility index (Phi) is 5.49. The third kappa shape index (κ3) is 4.87. The van der Waals surface area contributed by atoms with Crippen LogP contribution in [0.2, 0.25) is 0 Å². The van der Waals surface area contributed by atoms with E-state index in [1.54, 1.807) is 20.0 Å². The predicted molar refractivity (Wildman–Crippen MR) is 96.7 cm³/mol. The second-order valence-electron chi connectivity index (χ2n) is 6.35. The fraction of sp³-hybridized carbons (Fsp3) is 0.150. The highest BCUT2D eigenvalue weighted by atomic mass is 19.4. The average molecular weight is 404 g/mol. The third-order valence-electron chi connectivity index (χ3n) is 4.08. The first-order valence-corrected chi connectivity index (χ1v) is 8.45. The molecule has 0 amide bonds. The van der Waals surface area contributed by atoms with Gasteiger partial charge in [-0.05, 0) is 41.8 Å². The van der Waals surface area contributed by atoms with Crippen molar-refractivity contribution in [3.05, 3.63) is 77.6 Å². The number of benzene rings is 2. The van der Waals surface area contributed by atoms with E-state index in [0.29, 0.717) is 11.1 Å². The van der Waals surface area contributed by atoms with Crippen LogP contribution in [0.25, 0.3) is 17.2 Å². The third-order valence-corrected chi connectivity index (χ3v) is 4.08. The molecule has 29 heavy (non-hydrogen) atoms. The number of aromatic nitrogens is 3. The second-order valence-corrected chi connectivity index (χ2v) is 6.35. The molecule has 3 rings (SSSR count). The average Bonchev–Trinajstić information content (AvgIpc) is 3.06. The molecule has 0 radical (unpaired) electrons. The van der Waals surface area contributed by atoms with Crippen molar-refractivity contribution in [2.45, 2.75) is 13.1 Å². The summed E-state index contributed by atoms with van der Waals surface area (Å²) in [4.78, 5) is 0. The summed E-state index contributed by atoms with van der Waals surface area (Å²) >= 11 is 0. The zero-order valence-electron chi connectivity index (χ0n) is 15.5. The molecule has 0 aliphatic carbocycles. The van der Waals surface area contributed by atoms with Crippen molar-refractivity contribution in [2.75, 3.05) is 0 Å². The monoisotopic (exact) mass is 404 g/mol. The number of aryl methyl sites for hydroxylation is 1. The van der Waals surface area contributed by atoms with Crippen molar-refractivity contribution < 1.29 is 27.3 Å². The van der Waals surface area contributed by atoms with Crippen LogP contribution >= 0.6 is 0 Å². The van der Waals surface area contributed by atoms with Crippen molar-refractivity contribution in [2.24, 2.45) is 12.1 Å². The number of halogens is 4. The summed E-state index contributed by atoms with van der Waals surface area (Å²) in [6.45, 7) is 1.55. The molecule has 0 unspecified atom stereocenters. The Hall–Kier alpha value is -3.49. The van der Waals surface area contributed by atoms with Gasteiger partial charge in [-0.15, -0.1) is 14.5 Å². The molecule has 2 aromatic carbocycles. The first-order valence-electron chi connectivity index (χ1n) is 8.45. The molecule has 1 heterocycles. The Bertz CT molecular complexity index is 1080. The smallest absolute Gasteiger partial charge is 0.416 e. The zero-order valence-corrected chi connectivity index (χ0v) is 15.5. The van der Waals surface area contributed by atoms with Crippen molar-refractivity contribution in [3.8, 4) is 11.1 Å². The normalized spacial score (nSPS) is 13.0. The van der Waals surface area contributed by atoms with Crippen molar-refractivity contribution in [1.29, 1.82) is 0 Å². The number of alkyl halides is 3. The van der Waals surface area contributed by atoms with E-state index in [0.717, 1.165) is 12.1 Å². The minimum absolute atomic E-state index is 0.162. The van der Waals surface area contributed by atoms with Gasteiger partial charge in [0.2, 0.25) is 6.33 Å².